The number of nitrogens with two attached hydrogens (primary N) is 1. The van der Waals surface area contributed by atoms with Crippen LogP contribution in [0.5, 0.6) is 5.75 Å². The first-order valence-electron chi connectivity index (χ1n) is 5.73. The highest BCUT2D eigenvalue weighted by Gasteiger charge is 2.23. The summed E-state index contributed by atoms with van der Waals surface area (Å²) in [5.41, 5.74) is 2.80. The monoisotopic (exact) mass is 360 g/mol. The van der Waals surface area contributed by atoms with Gasteiger partial charge >= 0.3 is 0 Å². The zero-order valence-electron chi connectivity index (χ0n) is 10.3. The molecule has 0 saturated carbocycles. The zero-order chi connectivity index (χ0) is 13.8. The normalized spacial score (nSPS) is 14.1. The summed E-state index contributed by atoms with van der Waals surface area (Å²) in [6, 6.07) is 9.24. The van der Waals surface area contributed by atoms with Crippen LogP contribution in [0.25, 0.3) is 0 Å². The SMILES string of the molecule is CC(Oc1cccc(Cl)c1)C(NN)c1sccc1Br. The average molecular weight is 362 g/mol. The zero-order valence-corrected chi connectivity index (χ0v) is 13.4. The first-order chi connectivity index (χ1) is 9.11. The van der Waals surface area contributed by atoms with Crippen LogP contribution in [0.2, 0.25) is 5.02 Å². The molecule has 102 valence electrons. The molecule has 2 unspecified atom stereocenters. The fourth-order valence-corrected chi connectivity index (χ4v) is 3.73. The summed E-state index contributed by atoms with van der Waals surface area (Å²) >= 11 is 11.1. The summed E-state index contributed by atoms with van der Waals surface area (Å²) in [5, 5.41) is 2.66. The van der Waals surface area contributed by atoms with E-state index >= 15 is 0 Å². The molecular formula is C13H14BrClN2OS. The lowest BCUT2D eigenvalue weighted by Gasteiger charge is -2.24. The molecule has 2 aromatic rings. The van der Waals surface area contributed by atoms with Crippen LogP contribution in [0.4, 0.5) is 0 Å². The number of rotatable bonds is 5. The first kappa shape index (κ1) is 14.8. The average Bonchev–Trinajstić information content (AvgIpc) is 2.77. The van der Waals surface area contributed by atoms with Crippen molar-refractivity contribution in [2.24, 2.45) is 5.84 Å². The third kappa shape index (κ3) is 3.70. The minimum absolute atomic E-state index is 0.0895. The maximum atomic E-state index is 5.94. The Balaban J connectivity index is 2.14. The number of nitrogens with one attached hydrogen (secondary N) is 1. The summed E-state index contributed by atoms with van der Waals surface area (Å²) in [7, 11) is 0. The Morgan fingerprint density at radius 1 is 1.42 bits per heavy atom. The van der Waals surface area contributed by atoms with Crippen molar-refractivity contribution in [2.75, 3.05) is 0 Å². The molecule has 0 aliphatic carbocycles. The van der Waals surface area contributed by atoms with Crippen molar-refractivity contribution < 1.29 is 4.74 Å². The van der Waals surface area contributed by atoms with Gasteiger partial charge in [0.05, 0.1) is 6.04 Å². The quantitative estimate of drug-likeness (QED) is 0.621. The molecule has 3 nitrogen and oxygen atoms in total. The van der Waals surface area contributed by atoms with Gasteiger partial charge in [0, 0.05) is 14.4 Å². The fraction of sp³-hybridized carbons (Fsp3) is 0.231. The number of benzene rings is 1. The van der Waals surface area contributed by atoms with E-state index in [-0.39, 0.29) is 12.1 Å². The van der Waals surface area contributed by atoms with Gasteiger partial charge in [-0.3, -0.25) is 5.84 Å². The Morgan fingerprint density at radius 3 is 2.79 bits per heavy atom. The standard InChI is InChI=1S/C13H14BrClN2OS/c1-8(18-10-4-2-3-9(15)7-10)12(17-16)13-11(14)5-6-19-13/h2-8,12,17H,16H2,1H3. The Labute approximate surface area is 129 Å². The highest BCUT2D eigenvalue weighted by molar-refractivity contribution is 9.10. The molecule has 0 aliphatic heterocycles. The second kappa shape index (κ2) is 6.72. The number of ether oxygens (including phenoxy) is 1. The molecule has 0 spiro atoms. The summed E-state index contributed by atoms with van der Waals surface area (Å²) in [4.78, 5) is 1.11. The smallest absolute Gasteiger partial charge is 0.121 e. The van der Waals surface area contributed by atoms with Crippen molar-refractivity contribution >= 4 is 38.9 Å². The lowest BCUT2D eigenvalue weighted by atomic mass is 10.1. The molecule has 0 bridgehead atoms. The predicted octanol–water partition coefficient (Wildman–Crippen LogP) is 4.14. The van der Waals surface area contributed by atoms with Crippen molar-refractivity contribution in [3.63, 3.8) is 0 Å². The largest absolute Gasteiger partial charge is 0.489 e. The second-order valence-electron chi connectivity index (χ2n) is 4.06. The molecule has 1 aromatic heterocycles. The van der Waals surface area contributed by atoms with Gasteiger partial charge < -0.3 is 4.74 Å². The number of thiophene rings is 1. The van der Waals surface area contributed by atoms with Gasteiger partial charge in [-0.2, -0.15) is 0 Å². The van der Waals surface area contributed by atoms with E-state index in [0.29, 0.717) is 5.02 Å². The molecule has 0 saturated heterocycles. The van der Waals surface area contributed by atoms with E-state index in [1.165, 1.54) is 0 Å². The van der Waals surface area contributed by atoms with Crippen LogP contribution in [0, 0.1) is 0 Å². The summed E-state index contributed by atoms with van der Waals surface area (Å²) in [5.74, 6) is 6.38. The number of hydrazine groups is 1. The minimum Gasteiger partial charge on any atom is -0.489 e. The van der Waals surface area contributed by atoms with E-state index in [2.05, 4.69) is 21.4 Å². The third-order valence-corrected chi connectivity index (χ3v) is 4.88. The second-order valence-corrected chi connectivity index (χ2v) is 6.30. The van der Waals surface area contributed by atoms with Crippen molar-refractivity contribution in [2.45, 2.75) is 19.1 Å². The van der Waals surface area contributed by atoms with Crippen LogP contribution in [0.15, 0.2) is 40.2 Å². The Kier molecular flexibility index (Phi) is 5.24. The van der Waals surface area contributed by atoms with E-state index in [1.54, 1.807) is 17.4 Å². The van der Waals surface area contributed by atoms with Crippen molar-refractivity contribution in [1.82, 2.24) is 5.43 Å². The van der Waals surface area contributed by atoms with Crippen molar-refractivity contribution in [3.8, 4) is 5.75 Å². The van der Waals surface area contributed by atoms with Gasteiger partial charge in [-0.15, -0.1) is 11.3 Å². The first-order valence-corrected chi connectivity index (χ1v) is 7.78. The van der Waals surface area contributed by atoms with E-state index in [1.807, 2.05) is 36.6 Å². The third-order valence-electron chi connectivity index (χ3n) is 2.69. The molecule has 0 radical (unpaired) electrons. The summed E-state index contributed by atoms with van der Waals surface area (Å²) < 4.78 is 6.92. The molecule has 0 fully saturated rings. The van der Waals surface area contributed by atoms with Crippen molar-refractivity contribution in [1.29, 1.82) is 0 Å². The fourth-order valence-electron chi connectivity index (χ4n) is 1.77. The van der Waals surface area contributed by atoms with Crippen molar-refractivity contribution in [3.05, 3.63) is 50.1 Å². The van der Waals surface area contributed by atoms with Crippen LogP contribution in [-0.4, -0.2) is 6.10 Å². The Hall–Kier alpha value is -0.590. The summed E-state index contributed by atoms with van der Waals surface area (Å²) in [6.45, 7) is 1.97. The lowest BCUT2D eigenvalue weighted by Crippen LogP contribution is -2.37. The molecule has 1 heterocycles. The number of hydrogen-bond acceptors (Lipinski definition) is 4. The predicted molar refractivity (Wildman–Crippen MR) is 83.6 cm³/mol. The molecule has 2 atom stereocenters. The van der Waals surface area contributed by atoms with E-state index in [0.717, 1.165) is 15.1 Å². The molecule has 6 heteroatoms. The van der Waals surface area contributed by atoms with Gasteiger partial charge in [-0.25, -0.2) is 5.43 Å². The maximum absolute atomic E-state index is 5.94. The van der Waals surface area contributed by atoms with E-state index < -0.39 is 0 Å². The number of hydrogen-bond donors (Lipinski definition) is 2. The molecule has 0 aliphatic rings. The van der Waals surface area contributed by atoms with E-state index in [4.69, 9.17) is 22.2 Å². The maximum Gasteiger partial charge on any atom is 0.121 e. The van der Waals surface area contributed by atoms with E-state index in [9.17, 15) is 0 Å². The Bertz CT molecular complexity index is 549. The van der Waals surface area contributed by atoms with Crippen LogP contribution in [0.1, 0.15) is 17.8 Å². The molecule has 2 rings (SSSR count). The topological polar surface area (TPSA) is 47.3 Å². The molecule has 1 aromatic carbocycles. The van der Waals surface area contributed by atoms with Crippen LogP contribution in [0.3, 0.4) is 0 Å². The molecular weight excluding hydrogens is 348 g/mol. The Morgan fingerprint density at radius 2 is 2.21 bits per heavy atom. The molecule has 0 amide bonds. The van der Waals surface area contributed by atoms with Gasteiger partial charge in [-0.05, 0) is 52.5 Å². The molecule has 19 heavy (non-hydrogen) atoms. The van der Waals surface area contributed by atoms with Gasteiger partial charge in [0.2, 0.25) is 0 Å². The van der Waals surface area contributed by atoms with Gasteiger partial charge in [-0.1, -0.05) is 17.7 Å². The van der Waals surface area contributed by atoms with Crippen LogP contribution in [-0.2, 0) is 0 Å². The van der Waals surface area contributed by atoms with Gasteiger partial charge in [0.15, 0.2) is 0 Å². The highest BCUT2D eigenvalue weighted by atomic mass is 79.9. The summed E-state index contributed by atoms with van der Waals surface area (Å²) in [6.07, 6.45) is -0.126. The van der Waals surface area contributed by atoms with Crippen LogP contribution >= 0.6 is 38.9 Å². The minimum atomic E-state index is -0.126. The van der Waals surface area contributed by atoms with Gasteiger partial charge in [0.1, 0.15) is 11.9 Å². The number of halogens is 2. The molecule has 3 N–H and O–H groups in total. The van der Waals surface area contributed by atoms with Crippen LogP contribution < -0.4 is 16.0 Å². The highest BCUT2D eigenvalue weighted by Crippen LogP contribution is 2.32. The lowest BCUT2D eigenvalue weighted by molar-refractivity contribution is 0.172. The van der Waals surface area contributed by atoms with Gasteiger partial charge in [0.25, 0.3) is 0 Å².